The lowest BCUT2D eigenvalue weighted by Gasteiger charge is -2.12. The van der Waals surface area contributed by atoms with E-state index in [4.69, 9.17) is 0 Å². The third kappa shape index (κ3) is 4.35. The monoisotopic (exact) mass is 282 g/mol. The van der Waals surface area contributed by atoms with Crippen LogP contribution in [0.2, 0.25) is 0 Å². The first-order chi connectivity index (χ1) is 10.1. The van der Waals surface area contributed by atoms with E-state index >= 15 is 0 Å². The summed E-state index contributed by atoms with van der Waals surface area (Å²) in [5.74, 6) is 0.0310. The van der Waals surface area contributed by atoms with E-state index in [0.29, 0.717) is 6.42 Å². The molecule has 0 aliphatic heterocycles. The Kier molecular flexibility index (Phi) is 4.99. The van der Waals surface area contributed by atoms with E-state index in [1.165, 1.54) is 11.1 Å². The van der Waals surface area contributed by atoms with E-state index < -0.39 is 0 Å². The van der Waals surface area contributed by atoms with Gasteiger partial charge >= 0.3 is 0 Å². The van der Waals surface area contributed by atoms with Crippen LogP contribution in [0.1, 0.15) is 30.0 Å². The van der Waals surface area contributed by atoms with Crippen molar-refractivity contribution in [3.63, 3.8) is 0 Å². The molecule has 2 N–H and O–H groups in total. The van der Waals surface area contributed by atoms with Crippen molar-refractivity contribution >= 4 is 17.3 Å². The van der Waals surface area contributed by atoms with E-state index in [2.05, 4.69) is 48.7 Å². The normalized spacial score (nSPS) is 10.2. The first kappa shape index (κ1) is 15.1. The Morgan fingerprint density at radius 1 is 1.10 bits per heavy atom. The molecular weight excluding hydrogens is 260 g/mol. The highest BCUT2D eigenvalue weighted by Crippen LogP contribution is 2.21. The maximum atomic E-state index is 11.5. The van der Waals surface area contributed by atoms with Crippen molar-refractivity contribution in [1.29, 1.82) is 0 Å². The van der Waals surface area contributed by atoms with Crippen LogP contribution in [0.15, 0.2) is 42.5 Å². The molecule has 2 aromatic rings. The maximum absolute atomic E-state index is 11.5. The average molecular weight is 282 g/mol. The third-order valence-corrected chi connectivity index (χ3v) is 3.41. The Labute approximate surface area is 126 Å². The van der Waals surface area contributed by atoms with Gasteiger partial charge in [-0.2, -0.15) is 0 Å². The number of anilines is 2. The minimum absolute atomic E-state index is 0.0310. The summed E-state index contributed by atoms with van der Waals surface area (Å²) in [4.78, 5) is 11.5. The average Bonchev–Trinajstić information content (AvgIpc) is 2.47. The van der Waals surface area contributed by atoms with E-state index in [9.17, 15) is 4.79 Å². The van der Waals surface area contributed by atoms with E-state index in [1.54, 1.807) is 0 Å². The van der Waals surface area contributed by atoms with Crippen molar-refractivity contribution in [2.24, 2.45) is 0 Å². The molecule has 0 aliphatic carbocycles. The van der Waals surface area contributed by atoms with Crippen LogP contribution in [0.4, 0.5) is 11.4 Å². The van der Waals surface area contributed by atoms with Crippen molar-refractivity contribution in [3.8, 4) is 0 Å². The van der Waals surface area contributed by atoms with Gasteiger partial charge in [-0.3, -0.25) is 4.79 Å². The molecule has 0 spiro atoms. The minimum Gasteiger partial charge on any atom is -0.381 e. The molecule has 21 heavy (non-hydrogen) atoms. The number of rotatable bonds is 5. The van der Waals surface area contributed by atoms with Gasteiger partial charge in [-0.25, -0.2) is 0 Å². The molecule has 0 heterocycles. The molecule has 3 heteroatoms. The molecule has 0 atom stereocenters. The van der Waals surface area contributed by atoms with Crippen LogP contribution in [-0.4, -0.2) is 5.91 Å². The lowest BCUT2D eigenvalue weighted by Crippen LogP contribution is -2.10. The standard InChI is InChI=1S/C18H22N2O/c1-4-18(21)20-16-9-8-14(3)17(11-16)19-12-15-7-5-6-13(2)10-15/h5-11,19H,4,12H2,1-3H3,(H,20,21). The molecule has 1 amide bonds. The summed E-state index contributed by atoms with van der Waals surface area (Å²) in [6, 6.07) is 14.4. The number of hydrogen-bond donors (Lipinski definition) is 2. The van der Waals surface area contributed by atoms with Gasteiger partial charge in [-0.15, -0.1) is 0 Å². The summed E-state index contributed by atoms with van der Waals surface area (Å²) >= 11 is 0. The zero-order valence-corrected chi connectivity index (χ0v) is 12.9. The highest BCUT2D eigenvalue weighted by molar-refractivity contribution is 5.91. The fraction of sp³-hybridized carbons (Fsp3) is 0.278. The Hall–Kier alpha value is -2.29. The number of hydrogen-bond acceptors (Lipinski definition) is 2. The Bertz CT molecular complexity index is 635. The number of amides is 1. The zero-order chi connectivity index (χ0) is 15.2. The molecule has 0 aromatic heterocycles. The lowest BCUT2D eigenvalue weighted by molar-refractivity contribution is -0.115. The third-order valence-electron chi connectivity index (χ3n) is 3.41. The van der Waals surface area contributed by atoms with Gasteiger partial charge in [0.2, 0.25) is 5.91 Å². The van der Waals surface area contributed by atoms with Gasteiger partial charge < -0.3 is 10.6 Å². The molecule has 0 saturated heterocycles. The summed E-state index contributed by atoms with van der Waals surface area (Å²) < 4.78 is 0. The Balaban J connectivity index is 2.08. The number of nitrogens with one attached hydrogen (secondary N) is 2. The molecule has 0 bridgehead atoms. The fourth-order valence-electron chi connectivity index (χ4n) is 2.16. The van der Waals surface area contributed by atoms with Gasteiger partial charge in [0.05, 0.1) is 0 Å². The van der Waals surface area contributed by atoms with Crippen LogP contribution in [-0.2, 0) is 11.3 Å². The SMILES string of the molecule is CCC(=O)Nc1ccc(C)c(NCc2cccc(C)c2)c1. The molecule has 2 aromatic carbocycles. The van der Waals surface area contributed by atoms with Crippen LogP contribution in [0, 0.1) is 13.8 Å². The van der Waals surface area contributed by atoms with Crippen molar-refractivity contribution < 1.29 is 4.79 Å². The van der Waals surface area contributed by atoms with Crippen LogP contribution in [0.5, 0.6) is 0 Å². The molecule has 3 nitrogen and oxygen atoms in total. The van der Waals surface area contributed by atoms with Crippen LogP contribution in [0.25, 0.3) is 0 Å². The lowest BCUT2D eigenvalue weighted by atomic mass is 10.1. The summed E-state index contributed by atoms with van der Waals surface area (Å²) in [7, 11) is 0. The number of benzene rings is 2. The summed E-state index contributed by atoms with van der Waals surface area (Å²) in [5.41, 5.74) is 5.55. The first-order valence-electron chi connectivity index (χ1n) is 7.28. The Morgan fingerprint density at radius 3 is 2.62 bits per heavy atom. The largest absolute Gasteiger partial charge is 0.381 e. The summed E-state index contributed by atoms with van der Waals surface area (Å²) in [6.45, 7) is 6.77. The van der Waals surface area contributed by atoms with Gasteiger partial charge in [0.1, 0.15) is 0 Å². The molecule has 110 valence electrons. The quantitative estimate of drug-likeness (QED) is 0.860. The number of aryl methyl sites for hydroxylation is 2. The van der Waals surface area contributed by atoms with Crippen molar-refractivity contribution in [2.75, 3.05) is 10.6 Å². The number of carbonyl (C=O) groups excluding carboxylic acids is 1. The summed E-state index contributed by atoms with van der Waals surface area (Å²) in [5, 5.41) is 6.32. The van der Waals surface area contributed by atoms with Crippen molar-refractivity contribution in [3.05, 3.63) is 59.2 Å². The zero-order valence-electron chi connectivity index (χ0n) is 12.9. The highest BCUT2D eigenvalue weighted by Gasteiger charge is 2.03. The molecule has 0 radical (unpaired) electrons. The van der Waals surface area contributed by atoms with E-state index in [1.807, 2.05) is 25.1 Å². The van der Waals surface area contributed by atoms with Gasteiger partial charge in [0.15, 0.2) is 0 Å². The summed E-state index contributed by atoms with van der Waals surface area (Å²) in [6.07, 6.45) is 0.486. The second-order valence-electron chi connectivity index (χ2n) is 5.27. The fourth-order valence-corrected chi connectivity index (χ4v) is 2.16. The van der Waals surface area contributed by atoms with Gasteiger partial charge in [0.25, 0.3) is 0 Å². The molecule has 0 unspecified atom stereocenters. The molecule has 2 rings (SSSR count). The predicted octanol–water partition coefficient (Wildman–Crippen LogP) is 4.26. The van der Waals surface area contributed by atoms with Gasteiger partial charge in [-0.05, 0) is 37.1 Å². The van der Waals surface area contributed by atoms with Crippen molar-refractivity contribution in [2.45, 2.75) is 33.7 Å². The minimum atomic E-state index is 0.0310. The molecule has 0 saturated carbocycles. The molecular formula is C18H22N2O. The Morgan fingerprint density at radius 2 is 1.90 bits per heavy atom. The first-order valence-corrected chi connectivity index (χ1v) is 7.28. The second-order valence-corrected chi connectivity index (χ2v) is 5.27. The maximum Gasteiger partial charge on any atom is 0.224 e. The predicted molar refractivity (Wildman–Crippen MR) is 88.6 cm³/mol. The van der Waals surface area contributed by atoms with Crippen LogP contribution < -0.4 is 10.6 Å². The van der Waals surface area contributed by atoms with Crippen LogP contribution >= 0.6 is 0 Å². The van der Waals surface area contributed by atoms with Gasteiger partial charge in [-0.1, -0.05) is 42.8 Å². The van der Waals surface area contributed by atoms with E-state index in [0.717, 1.165) is 23.5 Å². The molecule has 0 aliphatic rings. The topological polar surface area (TPSA) is 41.1 Å². The highest BCUT2D eigenvalue weighted by atomic mass is 16.1. The molecule has 0 fully saturated rings. The van der Waals surface area contributed by atoms with Crippen molar-refractivity contribution in [1.82, 2.24) is 0 Å². The van der Waals surface area contributed by atoms with Gasteiger partial charge in [0, 0.05) is 24.3 Å². The second kappa shape index (κ2) is 6.93. The number of carbonyl (C=O) groups is 1. The van der Waals surface area contributed by atoms with E-state index in [-0.39, 0.29) is 5.91 Å². The van der Waals surface area contributed by atoms with Crippen LogP contribution in [0.3, 0.4) is 0 Å². The smallest absolute Gasteiger partial charge is 0.224 e.